The summed E-state index contributed by atoms with van der Waals surface area (Å²) in [5.74, 6) is 0. The number of hydrogen-bond donors (Lipinski definition) is 0. The van der Waals surface area contributed by atoms with E-state index in [-0.39, 0.29) is 0 Å². The van der Waals surface area contributed by atoms with Gasteiger partial charge in [0.05, 0.1) is 11.7 Å². The summed E-state index contributed by atoms with van der Waals surface area (Å²) in [6, 6.07) is 2.86. The standard InChI is InChI=1S/C5H3N4/c1-2-6-4-9-5(1)3-7-8-9/h2-4H. The Hall–Kier alpha value is -1.45. The summed E-state index contributed by atoms with van der Waals surface area (Å²) in [6.07, 6.45) is 4.79. The molecule has 0 atom stereocenters. The van der Waals surface area contributed by atoms with Crippen molar-refractivity contribution in [2.24, 2.45) is 0 Å². The number of hydrogen-bond acceptors (Lipinski definition) is 3. The van der Waals surface area contributed by atoms with Crippen LogP contribution in [0.3, 0.4) is 0 Å². The maximum Gasteiger partial charge on any atom is 0.119 e. The predicted molar refractivity (Wildman–Crippen MR) is 29.6 cm³/mol. The van der Waals surface area contributed by atoms with Crippen molar-refractivity contribution in [3.05, 3.63) is 24.8 Å². The number of nitrogens with zero attached hydrogens (tertiary/aromatic N) is 4. The first-order valence-corrected chi connectivity index (χ1v) is 2.48. The SMILES string of the molecule is [c]1cncn2nncc12. The van der Waals surface area contributed by atoms with Gasteiger partial charge in [0, 0.05) is 12.3 Å². The zero-order valence-corrected chi connectivity index (χ0v) is 4.52. The molecule has 2 rings (SSSR count). The fourth-order valence-corrected chi connectivity index (χ4v) is 0.632. The zero-order chi connectivity index (χ0) is 6.10. The first kappa shape index (κ1) is 4.43. The van der Waals surface area contributed by atoms with Crippen LogP contribution in [0, 0.1) is 6.07 Å². The van der Waals surface area contributed by atoms with E-state index in [0.29, 0.717) is 0 Å². The fourth-order valence-electron chi connectivity index (χ4n) is 0.632. The first-order valence-electron chi connectivity index (χ1n) is 2.48. The molecule has 0 aromatic carbocycles. The highest BCUT2D eigenvalue weighted by Gasteiger charge is 1.88. The van der Waals surface area contributed by atoms with Crippen LogP contribution < -0.4 is 0 Å². The summed E-state index contributed by atoms with van der Waals surface area (Å²) < 4.78 is 1.56. The van der Waals surface area contributed by atoms with Gasteiger partial charge in [0.15, 0.2) is 0 Å². The molecule has 0 aliphatic carbocycles. The van der Waals surface area contributed by atoms with Crippen molar-refractivity contribution in [1.82, 2.24) is 19.8 Å². The third-order valence-corrected chi connectivity index (χ3v) is 1.04. The molecule has 0 fully saturated rings. The van der Waals surface area contributed by atoms with Crippen LogP contribution in [0.25, 0.3) is 5.52 Å². The Morgan fingerprint density at radius 2 is 2.56 bits per heavy atom. The van der Waals surface area contributed by atoms with Gasteiger partial charge in [0.1, 0.15) is 6.33 Å². The molecule has 0 bridgehead atoms. The lowest BCUT2D eigenvalue weighted by Gasteiger charge is -1.83. The van der Waals surface area contributed by atoms with Crippen LogP contribution in [-0.4, -0.2) is 19.8 Å². The third kappa shape index (κ3) is 0.561. The van der Waals surface area contributed by atoms with Gasteiger partial charge < -0.3 is 0 Å². The molecule has 4 nitrogen and oxygen atoms in total. The van der Waals surface area contributed by atoms with Crippen LogP contribution in [0.5, 0.6) is 0 Å². The van der Waals surface area contributed by atoms with Gasteiger partial charge in [-0.25, -0.2) is 9.50 Å². The van der Waals surface area contributed by atoms with Gasteiger partial charge in [0.25, 0.3) is 0 Å². The normalized spacial score (nSPS) is 10.2. The molecule has 9 heavy (non-hydrogen) atoms. The lowest BCUT2D eigenvalue weighted by atomic mass is 10.5. The highest BCUT2D eigenvalue weighted by molar-refractivity contribution is 5.38. The van der Waals surface area contributed by atoms with Gasteiger partial charge in [-0.2, -0.15) is 0 Å². The molecule has 0 aliphatic heterocycles. The van der Waals surface area contributed by atoms with Crippen molar-refractivity contribution < 1.29 is 0 Å². The summed E-state index contributed by atoms with van der Waals surface area (Å²) in [6.45, 7) is 0. The topological polar surface area (TPSA) is 43.1 Å². The smallest absolute Gasteiger partial charge is 0.119 e. The lowest BCUT2D eigenvalue weighted by Crippen LogP contribution is -1.86. The number of fused-ring (bicyclic) bond motifs is 1. The van der Waals surface area contributed by atoms with E-state index in [1.165, 1.54) is 0 Å². The van der Waals surface area contributed by atoms with Crippen molar-refractivity contribution >= 4 is 5.52 Å². The van der Waals surface area contributed by atoms with Crippen LogP contribution in [0.1, 0.15) is 0 Å². The summed E-state index contributed by atoms with van der Waals surface area (Å²) in [5, 5.41) is 7.33. The minimum atomic E-state index is 0.838. The second-order valence-corrected chi connectivity index (χ2v) is 1.60. The van der Waals surface area contributed by atoms with Crippen molar-refractivity contribution in [2.75, 3.05) is 0 Å². The average Bonchev–Trinajstić information content (AvgIpc) is 2.33. The maximum absolute atomic E-state index is 3.79. The minimum absolute atomic E-state index is 0.838. The monoisotopic (exact) mass is 119 g/mol. The maximum atomic E-state index is 3.79. The number of rotatable bonds is 0. The van der Waals surface area contributed by atoms with E-state index in [1.54, 1.807) is 23.2 Å². The molecule has 4 heteroatoms. The second-order valence-electron chi connectivity index (χ2n) is 1.60. The Morgan fingerprint density at radius 3 is 3.44 bits per heavy atom. The predicted octanol–water partition coefficient (Wildman–Crippen LogP) is -0.0755. The summed E-state index contributed by atoms with van der Waals surface area (Å²) in [4.78, 5) is 3.79. The number of aromatic nitrogens is 4. The van der Waals surface area contributed by atoms with Crippen LogP contribution >= 0.6 is 0 Å². The molecule has 0 N–H and O–H groups in total. The van der Waals surface area contributed by atoms with Gasteiger partial charge in [-0.1, -0.05) is 5.21 Å². The highest BCUT2D eigenvalue weighted by atomic mass is 15.4. The molecule has 0 unspecified atom stereocenters. The Labute approximate surface area is 51.1 Å². The van der Waals surface area contributed by atoms with Gasteiger partial charge in [-0.3, -0.25) is 0 Å². The molecule has 2 heterocycles. The van der Waals surface area contributed by atoms with E-state index in [4.69, 9.17) is 0 Å². The van der Waals surface area contributed by atoms with Crippen molar-refractivity contribution in [3.8, 4) is 0 Å². The van der Waals surface area contributed by atoms with Gasteiger partial charge in [0.2, 0.25) is 0 Å². The molecule has 2 aromatic heterocycles. The quantitative estimate of drug-likeness (QED) is 0.487. The Balaban J connectivity index is 2.95. The molecule has 0 amide bonds. The van der Waals surface area contributed by atoms with Crippen LogP contribution in [0.15, 0.2) is 18.7 Å². The fraction of sp³-hybridized carbons (Fsp3) is 0. The second kappa shape index (κ2) is 1.51. The summed E-state index contributed by atoms with van der Waals surface area (Å²) in [5.41, 5.74) is 0.838. The van der Waals surface area contributed by atoms with Crippen LogP contribution in [0.2, 0.25) is 0 Å². The molecular formula is C5H3N4. The van der Waals surface area contributed by atoms with E-state index in [9.17, 15) is 0 Å². The molecular weight excluding hydrogens is 116 g/mol. The molecule has 1 radical (unpaired) electrons. The Bertz CT molecular complexity index is 283. The van der Waals surface area contributed by atoms with Crippen molar-refractivity contribution in [2.45, 2.75) is 0 Å². The van der Waals surface area contributed by atoms with Crippen molar-refractivity contribution in [1.29, 1.82) is 0 Å². The van der Waals surface area contributed by atoms with Gasteiger partial charge >= 0.3 is 0 Å². The molecule has 0 saturated carbocycles. The van der Waals surface area contributed by atoms with E-state index >= 15 is 0 Å². The van der Waals surface area contributed by atoms with Crippen LogP contribution in [0.4, 0.5) is 0 Å². The Kier molecular flexibility index (Phi) is 0.745. The lowest BCUT2D eigenvalue weighted by molar-refractivity contribution is 0.834. The van der Waals surface area contributed by atoms with E-state index in [2.05, 4.69) is 21.4 Å². The summed E-state index contributed by atoms with van der Waals surface area (Å²) in [7, 11) is 0. The Morgan fingerprint density at radius 1 is 1.56 bits per heavy atom. The van der Waals surface area contributed by atoms with Crippen LogP contribution in [-0.2, 0) is 0 Å². The third-order valence-electron chi connectivity index (χ3n) is 1.04. The van der Waals surface area contributed by atoms with E-state index < -0.39 is 0 Å². The van der Waals surface area contributed by atoms with Gasteiger partial charge in [-0.15, -0.1) is 5.10 Å². The first-order chi connectivity index (χ1) is 4.47. The average molecular weight is 119 g/mol. The molecule has 0 saturated heterocycles. The van der Waals surface area contributed by atoms with E-state index in [0.717, 1.165) is 5.52 Å². The molecule has 0 aliphatic rings. The largest absolute Gasteiger partial charge is 0.244 e. The zero-order valence-electron chi connectivity index (χ0n) is 4.52. The van der Waals surface area contributed by atoms with Crippen molar-refractivity contribution in [3.63, 3.8) is 0 Å². The highest BCUT2D eigenvalue weighted by Crippen LogP contribution is 1.91. The van der Waals surface area contributed by atoms with Gasteiger partial charge in [-0.05, 0) is 0 Å². The molecule has 2 aromatic rings. The van der Waals surface area contributed by atoms with E-state index in [1.807, 2.05) is 0 Å². The molecule has 43 valence electrons. The minimum Gasteiger partial charge on any atom is -0.244 e. The molecule has 0 spiro atoms. The summed E-state index contributed by atoms with van der Waals surface area (Å²) >= 11 is 0.